The standard InChI is InChI=1S/C14H24N2O3S/c1-10(2)16-8-14(5-13(16)9-17)20(18,19)15-6-11(3)12(4)7-15/h5,8,10-12,17H,6-7,9H2,1-4H3. The highest BCUT2D eigenvalue weighted by Gasteiger charge is 2.35. The Balaban J connectivity index is 2.35. The van der Waals surface area contributed by atoms with Crippen LogP contribution in [0.4, 0.5) is 0 Å². The van der Waals surface area contributed by atoms with Gasteiger partial charge < -0.3 is 9.67 Å². The van der Waals surface area contributed by atoms with Crippen molar-refractivity contribution in [3.05, 3.63) is 18.0 Å². The second-order valence-corrected chi connectivity index (χ2v) is 8.04. The molecule has 0 radical (unpaired) electrons. The Morgan fingerprint density at radius 1 is 1.30 bits per heavy atom. The van der Waals surface area contributed by atoms with Crippen LogP contribution in [-0.4, -0.2) is 35.5 Å². The molecule has 2 atom stereocenters. The molecular weight excluding hydrogens is 276 g/mol. The molecule has 5 nitrogen and oxygen atoms in total. The lowest BCUT2D eigenvalue weighted by Gasteiger charge is -2.15. The van der Waals surface area contributed by atoms with Crippen molar-refractivity contribution < 1.29 is 13.5 Å². The predicted molar refractivity (Wildman–Crippen MR) is 77.8 cm³/mol. The van der Waals surface area contributed by atoms with E-state index in [-0.39, 0.29) is 17.5 Å². The summed E-state index contributed by atoms with van der Waals surface area (Å²) in [6, 6.07) is 1.71. The van der Waals surface area contributed by atoms with E-state index in [0.717, 1.165) is 0 Å². The maximum atomic E-state index is 12.7. The number of aliphatic hydroxyl groups excluding tert-OH is 1. The van der Waals surface area contributed by atoms with Crippen molar-refractivity contribution in [3.63, 3.8) is 0 Å². The molecule has 2 unspecified atom stereocenters. The number of sulfonamides is 1. The molecule has 1 aliphatic rings. The molecule has 6 heteroatoms. The van der Waals surface area contributed by atoms with Gasteiger partial charge in [-0.1, -0.05) is 13.8 Å². The van der Waals surface area contributed by atoms with Gasteiger partial charge in [-0.05, 0) is 31.7 Å². The summed E-state index contributed by atoms with van der Waals surface area (Å²) in [5.74, 6) is 0.767. The number of rotatable bonds is 4. The van der Waals surface area contributed by atoms with Gasteiger partial charge in [0.1, 0.15) is 4.90 Å². The fraction of sp³-hybridized carbons (Fsp3) is 0.714. The number of nitrogens with zero attached hydrogens (tertiary/aromatic N) is 2. The maximum absolute atomic E-state index is 12.7. The van der Waals surface area contributed by atoms with Crippen molar-refractivity contribution in [1.82, 2.24) is 8.87 Å². The monoisotopic (exact) mass is 300 g/mol. The van der Waals surface area contributed by atoms with Crippen LogP contribution < -0.4 is 0 Å². The minimum atomic E-state index is -3.45. The second-order valence-electron chi connectivity index (χ2n) is 6.10. The van der Waals surface area contributed by atoms with E-state index in [0.29, 0.717) is 30.6 Å². The van der Waals surface area contributed by atoms with Crippen LogP contribution in [0, 0.1) is 11.8 Å². The number of aliphatic hydroxyl groups is 1. The van der Waals surface area contributed by atoms with Crippen LogP contribution in [-0.2, 0) is 16.6 Å². The topological polar surface area (TPSA) is 62.5 Å². The Morgan fingerprint density at radius 3 is 2.25 bits per heavy atom. The first-order chi connectivity index (χ1) is 9.27. The van der Waals surface area contributed by atoms with Gasteiger partial charge in [-0.3, -0.25) is 0 Å². The van der Waals surface area contributed by atoms with Gasteiger partial charge in [-0.2, -0.15) is 4.31 Å². The Labute approximate surface area is 121 Å². The minimum absolute atomic E-state index is 0.123. The molecule has 0 bridgehead atoms. The molecule has 1 aromatic heterocycles. The summed E-state index contributed by atoms with van der Waals surface area (Å²) in [6.07, 6.45) is 1.64. The van der Waals surface area contributed by atoms with Gasteiger partial charge in [0, 0.05) is 31.0 Å². The van der Waals surface area contributed by atoms with Crippen LogP contribution >= 0.6 is 0 Å². The Bertz CT molecular complexity index is 567. The molecule has 0 saturated carbocycles. The Kier molecular flexibility index (Phi) is 4.27. The third-order valence-electron chi connectivity index (χ3n) is 4.22. The summed E-state index contributed by atoms with van der Waals surface area (Å²) in [4.78, 5) is 0.288. The van der Waals surface area contributed by atoms with Gasteiger partial charge >= 0.3 is 0 Å². The predicted octanol–water partition coefficient (Wildman–Crippen LogP) is 1.84. The molecular formula is C14H24N2O3S. The average Bonchev–Trinajstić information content (AvgIpc) is 2.94. The van der Waals surface area contributed by atoms with E-state index in [2.05, 4.69) is 13.8 Å². The van der Waals surface area contributed by atoms with Crippen molar-refractivity contribution in [2.45, 2.75) is 45.2 Å². The van der Waals surface area contributed by atoms with Gasteiger partial charge in [-0.15, -0.1) is 0 Å². The molecule has 1 N–H and O–H groups in total. The Morgan fingerprint density at radius 2 is 1.85 bits per heavy atom. The molecule has 0 aromatic carbocycles. The van der Waals surface area contributed by atoms with Crippen LogP contribution in [0.5, 0.6) is 0 Å². The van der Waals surface area contributed by atoms with Crippen LogP contribution in [0.25, 0.3) is 0 Å². The molecule has 1 fully saturated rings. The smallest absolute Gasteiger partial charge is 0.244 e. The number of aromatic nitrogens is 1. The van der Waals surface area contributed by atoms with Crippen LogP contribution in [0.15, 0.2) is 17.2 Å². The molecule has 2 rings (SSSR count). The fourth-order valence-corrected chi connectivity index (χ4v) is 4.36. The lowest BCUT2D eigenvalue weighted by molar-refractivity contribution is 0.268. The highest BCUT2D eigenvalue weighted by atomic mass is 32.2. The van der Waals surface area contributed by atoms with Crippen molar-refractivity contribution in [3.8, 4) is 0 Å². The molecule has 0 aliphatic carbocycles. The first-order valence-corrected chi connectivity index (χ1v) is 8.53. The number of hydrogen-bond acceptors (Lipinski definition) is 3. The molecule has 2 heterocycles. The SMILES string of the molecule is CC1CN(S(=O)(=O)c2cc(CO)n(C(C)C)c2)CC1C. The first kappa shape index (κ1) is 15.5. The quantitative estimate of drug-likeness (QED) is 0.923. The van der Waals surface area contributed by atoms with E-state index < -0.39 is 10.0 Å². The zero-order chi connectivity index (χ0) is 15.1. The van der Waals surface area contributed by atoms with Crippen LogP contribution in [0.3, 0.4) is 0 Å². The van der Waals surface area contributed by atoms with E-state index in [1.54, 1.807) is 16.6 Å². The zero-order valence-corrected chi connectivity index (χ0v) is 13.4. The summed E-state index contributed by atoms with van der Waals surface area (Å²) < 4.78 is 28.7. The van der Waals surface area contributed by atoms with Crippen LogP contribution in [0.2, 0.25) is 0 Å². The van der Waals surface area contributed by atoms with Crippen molar-refractivity contribution in [1.29, 1.82) is 0 Å². The molecule has 0 amide bonds. The van der Waals surface area contributed by atoms with Crippen molar-refractivity contribution in [2.24, 2.45) is 11.8 Å². The van der Waals surface area contributed by atoms with E-state index in [4.69, 9.17) is 0 Å². The minimum Gasteiger partial charge on any atom is -0.390 e. The highest BCUT2D eigenvalue weighted by Crippen LogP contribution is 2.29. The summed E-state index contributed by atoms with van der Waals surface area (Å²) in [5.41, 5.74) is 0.638. The second kappa shape index (κ2) is 5.50. The van der Waals surface area contributed by atoms with E-state index in [9.17, 15) is 13.5 Å². The molecule has 1 aromatic rings. The van der Waals surface area contributed by atoms with Crippen molar-refractivity contribution in [2.75, 3.05) is 13.1 Å². The molecule has 114 valence electrons. The lowest BCUT2D eigenvalue weighted by atomic mass is 10.0. The molecule has 1 aliphatic heterocycles. The van der Waals surface area contributed by atoms with Crippen LogP contribution in [0.1, 0.15) is 39.4 Å². The summed E-state index contributed by atoms with van der Waals surface area (Å²) in [7, 11) is -3.45. The molecule has 1 saturated heterocycles. The van der Waals surface area contributed by atoms with E-state index in [1.807, 2.05) is 18.4 Å². The lowest BCUT2D eigenvalue weighted by Crippen LogP contribution is -2.28. The third kappa shape index (κ3) is 2.64. The van der Waals surface area contributed by atoms with Gasteiger partial charge in [0.15, 0.2) is 0 Å². The maximum Gasteiger partial charge on any atom is 0.244 e. The van der Waals surface area contributed by atoms with E-state index >= 15 is 0 Å². The summed E-state index contributed by atoms with van der Waals surface area (Å²) in [6.45, 7) is 9.10. The zero-order valence-electron chi connectivity index (χ0n) is 12.6. The largest absolute Gasteiger partial charge is 0.390 e. The van der Waals surface area contributed by atoms with Crippen molar-refractivity contribution >= 4 is 10.0 Å². The summed E-state index contributed by atoms with van der Waals surface area (Å²) in [5, 5.41) is 9.37. The first-order valence-electron chi connectivity index (χ1n) is 7.09. The van der Waals surface area contributed by atoms with Gasteiger partial charge in [0.05, 0.1) is 6.61 Å². The highest BCUT2D eigenvalue weighted by molar-refractivity contribution is 7.89. The fourth-order valence-electron chi connectivity index (χ4n) is 2.67. The van der Waals surface area contributed by atoms with Gasteiger partial charge in [-0.25, -0.2) is 8.42 Å². The van der Waals surface area contributed by atoms with Gasteiger partial charge in [0.2, 0.25) is 10.0 Å². The summed E-state index contributed by atoms with van der Waals surface area (Å²) >= 11 is 0. The average molecular weight is 300 g/mol. The number of hydrogen-bond donors (Lipinski definition) is 1. The molecule has 20 heavy (non-hydrogen) atoms. The molecule has 0 spiro atoms. The van der Waals surface area contributed by atoms with Gasteiger partial charge in [0.25, 0.3) is 0 Å². The van der Waals surface area contributed by atoms with E-state index in [1.165, 1.54) is 0 Å². The normalized spacial score (nSPS) is 24.7. The third-order valence-corrected chi connectivity index (χ3v) is 6.01. The Hall–Kier alpha value is -0.850.